The number of carbonyl (C=O) groups excluding carboxylic acids is 5. The highest BCUT2D eigenvalue weighted by Gasteiger charge is 2.44. The number of aromatic nitrogens is 4. The van der Waals surface area contributed by atoms with Crippen molar-refractivity contribution < 1.29 is 42.9 Å². The van der Waals surface area contributed by atoms with Crippen LogP contribution in [0.25, 0.3) is 44.4 Å². The van der Waals surface area contributed by atoms with E-state index in [0.29, 0.717) is 42.8 Å². The Hall–Kier alpha value is -8.09. The van der Waals surface area contributed by atoms with E-state index in [1.54, 1.807) is 25.8 Å². The quantitative estimate of drug-likeness (QED) is 0.0986. The molecular weight excluding hydrogens is 921 g/mol. The van der Waals surface area contributed by atoms with Gasteiger partial charge in [0.15, 0.2) is 11.5 Å². The topological polar surface area (TPSA) is 217 Å². The molecule has 4 aliphatic heterocycles. The number of aromatic amines is 2. The van der Waals surface area contributed by atoms with Gasteiger partial charge in [0.05, 0.1) is 57.3 Å². The maximum absolute atomic E-state index is 14.4. The number of alkyl carbamates (subject to hydrolysis) is 2. The minimum absolute atomic E-state index is 0.0143. The van der Waals surface area contributed by atoms with Crippen LogP contribution in [0.5, 0.6) is 11.5 Å². The molecule has 2 aromatic heterocycles. The molecule has 19 heteroatoms. The normalized spacial score (nSPS) is 17.9. The maximum Gasteiger partial charge on any atom is 0.407 e. The van der Waals surface area contributed by atoms with Crippen LogP contribution in [-0.2, 0) is 32.2 Å². The Labute approximate surface area is 416 Å². The number of nitrogens with one attached hydrogen (secondary N) is 4. The predicted molar refractivity (Wildman–Crippen MR) is 265 cm³/mol. The van der Waals surface area contributed by atoms with Crippen molar-refractivity contribution in [3.63, 3.8) is 0 Å². The number of ether oxygens (including phenoxy) is 4. The van der Waals surface area contributed by atoms with Crippen molar-refractivity contribution in [1.82, 2.24) is 50.2 Å². The smallest absolute Gasteiger partial charge is 0.407 e. The second-order valence-electron chi connectivity index (χ2n) is 19.4. The summed E-state index contributed by atoms with van der Waals surface area (Å²) < 4.78 is 20.8. The number of methoxy groups -OCH3 is 2. The Bertz CT molecular complexity index is 3030. The van der Waals surface area contributed by atoms with E-state index in [2.05, 4.69) is 57.0 Å². The summed E-state index contributed by atoms with van der Waals surface area (Å²) in [4.78, 5) is 90.4. The van der Waals surface area contributed by atoms with Gasteiger partial charge in [-0.25, -0.2) is 24.4 Å². The summed E-state index contributed by atoms with van der Waals surface area (Å²) in [5.74, 6) is 1.56. The minimum atomic E-state index is -0.917. The molecule has 6 heterocycles. The van der Waals surface area contributed by atoms with Crippen molar-refractivity contribution in [2.75, 3.05) is 40.8 Å². The average molecular weight is 979 g/mol. The predicted octanol–water partition coefficient (Wildman–Crippen LogP) is 7.72. The van der Waals surface area contributed by atoms with Gasteiger partial charge >= 0.3 is 18.2 Å². The Kier molecular flexibility index (Phi) is 13.0. The van der Waals surface area contributed by atoms with Crippen molar-refractivity contribution in [3.05, 3.63) is 108 Å². The summed E-state index contributed by atoms with van der Waals surface area (Å²) >= 11 is 0. The second kappa shape index (κ2) is 19.6. The average Bonchev–Trinajstić information content (AvgIpc) is 4.26. The van der Waals surface area contributed by atoms with Crippen LogP contribution in [0.3, 0.4) is 0 Å². The third-order valence-electron chi connectivity index (χ3n) is 14.2. The first-order valence-corrected chi connectivity index (χ1v) is 24.3. The van der Waals surface area contributed by atoms with Crippen LogP contribution < -0.4 is 20.1 Å². The molecule has 6 amide bonds. The summed E-state index contributed by atoms with van der Waals surface area (Å²) in [6, 6.07) is 21.6. The third-order valence-corrected chi connectivity index (χ3v) is 14.2. The molecular formula is C53H58N10O9. The molecule has 2 fully saturated rings. The van der Waals surface area contributed by atoms with Crippen LogP contribution in [0.15, 0.2) is 85.2 Å². The lowest BCUT2D eigenvalue weighted by Gasteiger charge is -2.30. The van der Waals surface area contributed by atoms with Crippen molar-refractivity contribution in [3.8, 4) is 45.1 Å². The van der Waals surface area contributed by atoms with Crippen molar-refractivity contribution in [2.24, 2.45) is 11.8 Å². The van der Waals surface area contributed by atoms with Crippen LogP contribution in [0.4, 0.5) is 14.4 Å². The van der Waals surface area contributed by atoms with E-state index in [4.69, 9.17) is 28.9 Å². The van der Waals surface area contributed by atoms with E-state index in [1.165, 1.54) is 14.2 Å². The van der Waals surface area contributed by atoms with E-state index in [0.717, 1.165) is 68.4 Å². The number of nitrogens with zero attached hydrogens (tertiary/aromatic N) is 6. The number of amides is 6. The third kappa shape index (κ3) is 8.98. The van der Waals surface area contributed by atoms with Gasteiger partial charge in [-0.05, 0) is 75.4 Å². The van der Waals surface area contributed by atoms with E-state index in [-0.39, 0.29) is 55.7 Å². The standard InChI is InChI=1S/C53H58N10O9/c1-29(2)45(58-51(66)69-5)49(64)62-19-9-14-41(62)47-55-23-40(57-47)38-13-8-11-36-35(10-7-12-37(36)38)31-15-17-32(18-16-31)39-22-54-48(56-39)42-26-61(27-63(42)50(65)46(30(3)4)59-52(67)70-6)53(68)60-24-33-20-43-44(72-28-71-43)21-34(33)25-60/h7-8,10-13,15-18,20-23,29-30,41-42,45-46H,9,14,19,24-28H2,1-6H3,(H,54,56)(H,55,57)(H,58,66)(H,59,67)/t41-,42-,45?,46-/m0/s1. The number of fused-ring (bicyclic) bond motifs is 3. The van der Waals surface area contributed by atoms with Crippen LogP contribution in [-0.4, -0.2) is 122 Å². The molecule has 4 aromatic carbocycles. The van der Waals surface area contributed by atoms with E-state index < -0.39 is 30.3 Å². The summed E-state index contributed by atoms with van der Waals surface area (Å²) in [6.07, 6.45) is 3.74. The number of imidazole rings is 2. The molecule has 0 aliphatic carbocycles. The van der Waals surface area contributed by atoms with E-state index >= 15 is 0 Å². The van der Waals surface area contributed by atoms with Gasteiger partial charge in [-0.1, -0.05) is 88.4 Å². The SMILES string of the molecule is COC(=O)NC(C(=O)N1CCC[C@H]1c1ncc(-c2cccc3c(-c4ccc(-c5cnc([C@@H]6CN(C(=O)N7Cc8cc9c(cc8C7)OCO9)CN6C(=O)[C@@H](NC(=O)OC)C(C)C)[nH]5)cc4)cccc23)[nH]1)C(C)C. The Morgan fingerprint density at radius 3 is 1.82 bits per heavy atom. The zero-order valence-electron chi connectivity index (χ0n) is 41.1. The van der Waals surface area contributed by atoms with Crippen molar-refractivity contribution in [2.45, 2.75) is 77.8 Å². The summed E-state index contributed by atoms with van der Waals surface area (Å²) in [5, 5.41) is 7.49. The van der Waals surface area contributed by atoms with Crippen LogP contribution >= 0.6 is 0 Å². The molecule has 0 saturated carbocycles. The van der Waals surface area contributed by atoms with Crippen LogP contribution in [0, 0.1) is 11.8 Å². The largest absolute Gasteiger partial charge is 0.454 e. The maximum atomic E-state index is 14.4. The molecule has 72 heavy (non-hydrogen) atoms. The Balaban J connectivity index is 0.878. The summed E-state index contributed by atoms with van der Waals surface area (Å²) in [5.41, 5.74) is 7.39. The van der Waals surface area contributed by atoms with Gasteiger partial charge in [-0.2, -0.15) is 0 Å². The van der Waals surface area contributed by atoms with Crippen molar-refractivity contribution >= 4 is 40.8 Å². The molecule has 4 N–H and O–H groups in total. The lowest BCUT2D eigenvalue weighted by atomic mass is 9.94. The lowest BCUT2D eigenvalue weighted by molar-refractivity contribution is -0.136. The molecule has 0 spiro atoms. The number of hydrogen-bond acceptors (Lipinski definition) is 11. The highest BCUT2D eigenvalue weighted by Crippen LogP contribution is 2.41. The number of likely N-dealkylation sites (tertiary alicyclic amines) is 1. The minimum Gasteiger partial charge on any atom is -0.454 e. The number of hydrogen-bond donors (Lipinski definition) is 4. The van der Waals surface area contributed by atoms with Gasteiger partial charge in [0.25, 0.3) is 0 Å². The van der Waals surface area contributed by atoms with Crippen molar-refractivity contribution in [1.29, 1.82) is 0 Å². The van der Waals surface area contributed by atoms with Gasteiger partial charge in [0, 0.05) is 25.2 Å². The van der Waals surface area contributed by atoms with Gasteiger partial charge in [-0.15, -0.1) is 0 Å². The molecule has 6 aromatic rings. The fourth-order valence-corrected chi connectivity index (χ4v) is 10.4. The Morgan fingerprint density at radius 2 is 1.21 bits per heavy atom. The number of carbonyl (C=O) groups is 5. The lowest BCUT2D eigenvalue weighted by Crippen LogP contribution is -2.52. The molecule has 10 rings (SSSR count). The van der Waals surface area contributed by atoms with E-state index in [9.17, 15) is 24.0 Å². The molecule has 374 valence electrons. The molecule has 0 bridgehead atoms. The summed E-state index contributed by atoms with van der Waals surface area (Å²) in [6.45, 7) is 9.13. The fraction of sp³-hybridized carbons (Fsp3) is 0.377. The van der Waals surface area contributed by atoms with Gasteiger partial charge in [-0.3, -0.25) is 9.59 Å². The molecule has 2 saturated heterocycles. The summed E-state index contributed by atoms with van der Waals surface area (Å²) in [7, 11) is 2.54. The van der Waals surface area contributed by atoms with Gasteiger partial charge < -0.3 is 59.1 Å². The second-order valence-corrected chi connectivity index (χ2v) is 19.4. The fourth-order valence-electron chi connectivity index (χ4n) is 10.4. The van der Waals surface area contributed by atoms with Gasteiger partial charge in [0.2, 0.25) is 18.6 Å². The molecule has 0 radical (unpaired) electrons. The highest BCUT2D eigenvalue weighted by molar-refractivity contribution is 6.04. The van der Waals surface area contributed by atoms with Crippen LogP contribution in [0.2, 0.25) is 0 Å². The monoisotopic (exact) mass is 978 g/mol. The molecule has 4 aliphatic rings. The van der Waals surface area contributed by atoms with Gasteiger partial charge in [0.1, 0.15) is 29.8 Å². The molecule has 19 nitrogen and oxygen atoms in total. The first-order chi connectivity index (χ1) is 34.8. The number of urea groups is 1. The molecule has 1 unspecified atom stereocenters. The number of rotatable bonds is 11. The first-order valence-electron chi connectivity index (χ1n) is 24.3. The number of H-pyrrole nitrogens is 2. The first kappa shape index (κ1) is 47.6. The van der Waals surface area contributed by atoms with Crippen LogP contribution in [0.1, 0.15) is 75.4 Å². The zero-order chi connectivity index (χ0) is 50.4. The Morgan fingerprint density at radius 1 is 0.667 bits per heavy atom. The highest BCUT2D eigenvalue weighted by atomic mass is 16.7. The van der Waals surface area contributed by atoms with E-state index in [1.807, 2.05) is 70.3 Å². The number of benzene rings is 4. The molecule has 4 atom stereocenters. The zero-order valence-corrected chi connectivity index (χ0v) is 41.1.